The molecule has 0 aliphatic rings. The van der Waals surface area contributed by atoms with E-state index in [9.17, 15) is 13.2 Å². The molecule has 10 heteroatoms. The van der Waals surface area contributed by atoms with Crippen molar-refractivity contribution in [2.24, 2.45) is 0 Å². The third kappa shape index (κ3) is 4.57. The van der Waals surface area contributed by atoms with Crippen molar-refractivity contribution >= 4 is 27.6 Å². The maximum atomic E-state index is 12.3. The highest BCUT2D eigenvalue weighted by molar-refractivity contribution is 7.92. The van der Waals surface area contributed by atoms with Gasteiger partial charge in [0.2, 0.25) is 0 Å². The minimum absolute atomic E-state index is 0.0625. The molecule has 0 atom stereocenters. The Morgan fingerprint density at radius 2 is 1.92 bits per heavy atom. The lowest BCUT2D eigenvalue weighted by atomic mass is 10.3. The summed E-state index contributed by atoms with van der Waals surface area (Å²) in [5.74, 6) is 0.230. The van der Waals surface area contributed by atoms with Gasteiger partial charge in [-0.3, -0.25) is 9.82 Å². The number of carbonyl (C=O) groups excluding carboxylic acids is 1. The van der Waals surface area contributed by atoms with Crippen LogP contribution in [0.5, 0.6) is 0 Å². The molecule has 0 aliphatic heterocycles. The van der Waals surface area contributed by atoms with Crippen molar-refractivity contribution in [3.05, 3.63) is 66.6 Å². The summed E-state index contributed by atoms with van der Waals surface area (Å²) in [7, 11) is -3.75. The molecule has 2 aromatic heterocycles. The molecule has 0 saturated carbocycles. The minimum atomic E-state index is -3.75. The number of aromatic amines is 1. The third-order valence-electron chi connectivity index (χ3n) is 3.33. The van der Waals surface area contributed by atoms with Gasteiger partial charge in [0.15, 0.2) is 0 Å². The topological polar surface area (TPSA) is 129 Å². The molecule has 9 nitrogen and oxygen atoms in total. The lowest BCUT2D eigenvalue weighted by Crippen LogP contribution is -2.28. The number of amides is 2. The van der Waals surface area contributed by atoms with Gasteiger partial charge in [0.25, 0.3) is 10.0 Å². The van der Waals surface area contributed by atoms with E-state index in [1.165, 1.54) is 30.5 Å². The number of urea groups is 1. The van der Waals surface area contributed by atoms with Crippen molar-refractivity contribution in [3.8, 4) is 0 Å². The maximum absolute atomic E-state index is 12.3. The highest BCUT2D eigenvalue weighted by Gasteiger charge is 2.14. The molecule has 0 spiro atoms. The normalized spacial score (nSPS) is 10.9. The number of benzene rings is 1. The van der Waals surface area contributed by atoms with E-state index in [0.29, 0.717) is 12.2 Å². The fourth-order valence-electron chi connectivity index (χ4n) is 2.07. The van der Waals surface area contributed by atoms with Gasteiger partial charge in [0.1, 0.15) is 5.82 Å². The molecule has 4 N–H and O–H groups in total. The van der Waals surface area contributed by atoms with Gasteiger partial charge in [-0.25, -0.2) is 18.2 Å². The zero-order valence-electron chi connectivity index (χ0n) is 13.5. The van der Waals surface area contributed by atoms with Crippen LogP contribution in [0.15, 0.2) is 66.0 Å². The molecule has 0 aliphatic carbocycles. The Morgan fingerprint density at radius 3 is 2.58 bits per heavy atom. The fraction of sp³-hybridized carbons (Fsp3) is 0.0625. The van der Waals surface area contributed by atoms with Crippen LogP contribution in [0, 0.1) is 0 Å². The van der Waals surface area contributed by atoms with E-state index in [0.717, 1.165) is 5.56 Å². The SMILES string of the molecule is O=C(NCc1cn[nH]c1)Nc1ccc(S(=O)(=O)Nc2ccccn2)cc1. The number of aromatic nitrogens is 3. The maximum Gasteiger partial charge on any atom is 0.319 e. The van der Waals surface area contributed by atoms with Gasteiger partial charge in [-0.1, -0.05) is 6.07 Å². The molecule has 0 radical (unpaired) electrons. The number of nitrogens with one attached hydrogen (secondary N) is 4. The highest BCUT2D eigenvalue weighted by Crippen LogP contribution is 2.17. The summed E-state index contributed by atoms with van der Waals surface area (Å²) in [5.41, 5.74) is 1.30. The molecular formula is C16H16N6O3S. The number of pyridine rings is 1. The van der Waals surface area contributed by atoms with Crippen LogP contribution in [0.2, 0.25) is 0 Å². The number of hydrogen-bond donors (Lipinski definition) is 4. The van der Waals surface area contributed by atoms with Gasteiger partial charge in [0.05, 0.1) is 11.1 Å². The predicted molar refractivity (Wildman–Crippen MR) is 95.9 cm³/mol. The van der Waals surface area contributed by atoms with E-state index in [1.807, 2.05) is 0 Å². The van der Waals surface area contributed by atoms with Crippen molar-refractivity contribution < 1.29 is 13.2 Å². The summed E-state index contributed by atoms with van der Waals surface area (Å²) in [4.78, 5) is 15.8. The molecule has 0 saturated heterocycles. The molecule has 134 valence electrons. The quantitative estimate of drug-likeness (QED) is 0.525. The van der Waals surface area contributed by atoms with Crippen LogP contribution in [0.25, 0.3) is 0 Å². The van der Waals surface area contributed by atoms with Gasteiger partial charge < -0.3 is 10.6 Å². The van der Waals surface area contributed by atoms with Crippen LogP contribution in [0.3, 0.4) is 0 Å². The number of rotatable bonds is 6. The van der Waals surface area contributed by atoms with Crippen molar-refractivity contribution in [2.45, 2.75) is 11.4 Å². The zero-order valence-corrected chi connectivity index (χ0v) is 14.3. The first-order chi connectivity index (χ1) is 12.5. The fourth-order valence-corrected chi connectivity index (χ4v) is 3.08. The summed E-state index contributed by atoms with van der Waals surface area (Å²) in [6.07, 6.45) is 4.77. The molecule has 3 rings (SSSR count). The number of sulfonamides is 1. The Morgan fingerprint density at radius 1 is 1.12 bits per heavy atom. The predicted octanol–water partition coefficient (Wildman–Crippen LogP) is 1.93. The summed E-state index contributed by atoms with van der Waals surface area (Å²) >= 11 is 0. The van der Waals surface area contributed by atoms with Crippen LogP contribution < -0.4 is 15.4 Å². The van der Waals surface area contributed by atoms with Crippen LogP contribution in [0.4, 0.5) is 16.3 Å². The Balaban J connectivity index is 1.59. The van der Waals surface area contributed by atoms with Crippen LogP contribution in [-0.2, 0) is 16.6 Å². The van der Waals surface area contributed by atoms with Gasteiger partial charge in [-0.05, 0) is 36.4 Å². The summed E-state index contributed by atoms with van der Waals surface area (Å²) < 4.78 is 27.0. The number of H-pyrrole nitrogens is 1. The van der Waals surface area contributed by atoms with Gasteiger partial charge in [-0.2, -0.15) is 5.10 Å². The number of hydrogen-bond acceptors (Lipinski definition) is 5. The van der Waals surface area contributed by atoms with Crippen molar-refractivity contribution in [2.75, 3.05) is 10.0 Å². The molecule has 2 amide bonds. The average Bonchev–Trinajstić information content (AvgIpc) is 3.14. The van der Waals surface area contributed by atoms with E-state index in [4.69, 9.17) is 0 Å². The van der Waals surface area contributed by atoms with E-state index in [-0.39, 0.29) is 10.7 Å². The molecule has 2 heterocycles. The van der Waals surface area contributed by atoms with Gasteiger partial charge in [-0.15, -0.1) is 0 Å². The standard InChI is InChI=1S/C16H16N6O3S/c23-16(18-9-12-10-19-20-11-12)21-13-4-6-14(7-5-13)26(24,25)22-15-3-1-2-8-17-15/h1-8,10-11H,9H2,(H,17,22)(H,19,20)(H2,18,21,23). The van der Waals surface area contributed by atoms with Crippen molar-refractivity contribution in [3.63, 3.8) is 0 Å². The average molecular weight is 372 g/mol. The van der Waals surface area contributed by atoms with Crippen LogP contribution in [-0.4, -0.2) is 29.6 Å². The van der Waals surface area contributed by atoms with E-state index < -0.39 is 16.1 Å². The highest BCUT2D eigenvalue weighted by atomic mass is 32.2. The molecule has 1 aromatic carbocycles. The first-order valence-electron chi connectivity index (χ1n) is 7.59. The molecule has 0 fully saturated rings. The molecular weight excluding hydrogens is 356 g/mol. The van der Waals surface area contributed by atoms with E-state index in [1.54, 1.807) is 30.6 Å². The van der Waals surface area contributed by atoms with Gasteiger partial charge >= 0.3 is 6.03 Å². The second kappa shape index (κ2) is 7.66. The van der Waals surface area contributed by atoms with Crippen LogP contribution >= 0.6 is 0 Å². The van der Waals surface area contributed by atoms with Crippen LogP contribution in [0.1, 0.15) is 5.56 Å². The molecule has 3 aromatic rings. The van der Waals surface area contributed by atoms with Crippen molar-refractivity contribution in [1.82, 2.24) is 20.5 Å². The second-order valence-corrected chi connectivity index (χ2v) is 6.94. The summed E-state index contributed by atoms with van der Waals surface area (Å²) in [6, 6.07) is 10.3. The Kier molecular flexibility index (Phi) is 5.13. The first-order valence-corrected chi connectivity index (χ1v) is 9.08. The smallest absolute Gasteiger partial charge is 0.319 e. The molecule has 0 unspecified atom stereocenters. The molecule has 26 heavy (non-hydrogen) atoms. The number of anilines is 2. The Hall–Kier alpha value is -3.40. The number of carbonyl (C=O) groups is 1. The second-order valence-electron chi connectivity index (χ2n) is 5.26. The van der Waals surface area contributed by atoms with Gasteiger partial charge in [0, 0.05) is 30.2 Å². The summed E-state index contributed by atoms with van der Waals surface area (Å²) in [5, 5.41) is 11.7. The lowest BCUT2D eigenvalue weighted by molar-refractivity contribution is 0.251. The first kappa shape index (κ1) is 17.4. The third-order valence-corrected chi connectivity index (χ3v) is 4.70. The number of nitrogens with zero attached hydrogens (tertiary/aromatic N) is 2. The Labute approximate surface area is 149 Å². The molecule has 0 bridgehead atoms. The monoisotopic (exact) mass is 372 g/mol. The van der Waals surface area contributed by atoms with E-state index in [2.05, 4.69) is 30.5 Å². The Bertz CT molecular complexity index is 957. The summed E-state index contributed by atoms with van der Waals surface area (Å²) in [6.45, 7) is 0.322. The largest absolute Gasteiger partial charge is 0.334 e. The minimum Gasteiger partial charge on any atom is -0.334 e. The van der Waals surface area contributed by atoms with Crippen molar-refractivity contribution in [1.29, 1.82) is 0 Å². The lowest BCUT2D eigenvalue weighted by Gasteiger charge is -2.09. The zero-order chi connectivity index (χ0) is 18.4. The van der Waals surface area contributed by atoms with E-state index >= 15 is 0 Å².